The van der Waals surface area contributed by atoms with Crippen molar-refractivity contribution < 1.29 is 18.0 Å². The smallest absolute Gasteiger partial charge is 0.361 e. The summed E-state index contributed by atoms with van der Waals surface area (Å²) < 4.78 is 41.7. The van der Waals surface area contributed by atoms with Gasteiger partial charge in [0.1, 0.15) is 0 Å². The van der Waals surface area contributed by atoms with E-state index in [0.29, 0.717) is 18.5 Å². The molecular weight excluding hydrogens is 439 g/mol. The van der Waals surface area contributed by atoms with Gasteiger partial charge in [0.25, 0.3) is 0 Å². The van der Waals surface area contributed by atoms with Crippen molar-refractivity contribution in [3.63, 3.8) is 0 Å². The van der Waals surface area contributed by atoms with Crippen LogP contribution in [-0.4, -0.2) is 22.4 Å². The standard InChI is InChI=1S/C27H26F3N3O/c1-2-18-8-7-11-21-23(17-33-26(18)21)22(20-10-3-4-12-24(20)27(28,29)30)16-25(34)32-15-13-19-9-5-6-14-31-19/h3-12,14,17,22,33H,2,13,15-16H2,1H3,(H,32,34). The molecule has 0 saturated heterocycles. The van der Waals surface area contributed by atoms with E-state index in [1.54, 1.807) is 18.5 Å². The first-order valence-electron chi connectivity index (χ1n) is 11.3. The number of carbonyl (C=O) groups excluding carboxylic acids is 1. The lowest BCUT2D eigenvalue weighted by Crippen LogP contribution is -2.28. The van der Waals surface area contributed by atoms with Crippen LogP contribution in [0.5, 0.6) is 0 Å². The van der Waals surface area contributed by atoms with E-state index in [1.165, 1.54) is 12.1 Å². The van der Waals surface area contributed by atoms with E-state index < -0.39 is 17.7 Å². The maximum absolute atomic E-state index is 13.9. The highest BCUT2D eigenvalue weighted by Crippen LogP contribution is 2.41. The fraction of sp³-hybridized carbons (Fsp3) is 0.259. The Bertz CT molecular complexity index is 1270. The second-order valence-corrected chi connectivity index (χ2v) is 8.20. The zero-order valence-corrected chi connectivity index (χ0v) is 18.8. The topological polar surface area (TPSA) is 57.8 Å². The van der Waals surface area contributed by atoms with Crippen LogP contribution < -0.4 is 5.32 Å². The Labute approximate surface area is 196 Å². The third-order valence-electron chi connectivity index (χ3n) is 6.05. The van der Waals surface area contributed by atoms with E-state index in [4.69, 9.17) is 0 Å². The molecule has 0 radical (unpaired) electrons. The average Bonchev–Trinajstić information content (AvgIpc) is 3.27. The number of aromatic amines is 1. The number of nitrogens with one attached hydrogen (secondary N) is 2. The van der Waals surface area contributed by atoms with Crippen molar-refractivity contribution in [2.75, 3.05) is 6.54 Å². The van der Waals surface area contributed by atoms with Gasteiger partial charge in [-0.2, -0.15) is 13.2 Å². The van der Waals surface area contributed by atoms with Gasteiger partial charge in [0.05, 0.1) is 5.56 Å². The van der Waals surface area contributed by atoms with E-state index in [-0.39, 0.29) is 17.9 Å². The Morgan fingerprint density at radius 3 is 2.56 bits per heavy atom. The predicted octanol–water partition coefficient (Wildman–Crippen LogP) is 6.03. The number of alkyl halides is 3. The molecule has 1 unspecified atom stereocenters. The summed E-state index contributed by atoms with van der Waals surface area (Å²) in [6.45, 7) is 2.39. The molecule has 176 valence electrons. The van der Waals surface area contributed by atoms with Gasteiger partial charge in [0.15, 0.2) is 0 Å². The van der Waals surface area contributed by atoms with Crippen molar-refractivity contribution in [2.24, 2.45) is 0 Å². The minimum atomic E-state index is -4.52. The molecule has 0 aliphatic carbocycles. The number of aromatic nitrogens is 2. The van der Waals surface area contributed by atoms with Crippen LogP contribution in [0, 0.1) is 0 Å². The molecule has 2 aromatic heterocycles. The summed E-state index contributed by atoms with van der Waals surface area (Å²) in [5, 5.41) is 3.69. The number of fused-ring (bicyclic) bond motifs is 1. The van der Waals surface area contributed by atoms with Gasteiger partial charge in [-0.3, -0.25) is 9.78 Å². The first-order chi connectivity index (χ1) is 16.4. The molecule has 0 bridgehead atoms. The summed E-state index contributed by atoms with van der Waals surface area (Å²) >= 11 is 0. The van der Waals surface area contributed by atoms with Crippen molar-refractivity contribution >= 4 is 16.8 Å². The molecule has 2 aromatic carbocycles. The summed E-state index contributed by atoms with van der Waals surface area (Å²) in [7, 11) is 0. The van der Waals surface area contributed by atoms with E-state index in [2.05, 4.69) is 15.3 Å². The maximum atomic E-state index is 13.9. The lowest BCUT2D eigenvalue weighted by Gasteiger charge is -2.22. The quantitative estimate of drug-likeness (QED) is 0.334. The number of benzene rings is 2. The van der Waals surface area contributed by atoms with Crippen LogP contribution in [0.2, 0.25) is 0 Å². The lowest BCUT2D eigenvalue weighted by molar-refractivity contribution is -0.138. The molecule has 1 amide bonds. The van der Waals surface area contributed by atoms with Crippen LogP contribution in [0.25, 0.3) is 10.9 Å². The molecule has 4 rings (SSSR count). The Kier molecular flexibility index (Phi) is 7.01. The molecule has 4 aromatic rings. The SMILES string of the molecule is CCc1cccc2c(C(CC(=O)NCCc3ccccn3)c3ccccc3C(F)(F)F)c[nH]c12. The van der Waals surface area contributed by atoms with E-state index >= 15 is 0 Å². The number of amides is 1. The van der Waals surface area contributed by atoms with Gasteiger partial charge in [-0.1, -0.05) is 49.4 Å². The molecule has 0 aliphatic rings. The molecule has 0 spiro atoms. The minimum absolute atomic E-state index is 0.0951. The van der Waals surface area contributed by atoms with Crippen LogP contribution in [0.4, 0.5) is 13.2 Å². The van der Waals surface area contributed by atoms with E-state index in [0.717, 1.165) is 34.6 Å². The number of para-hydroxylation sites is 1. The third kappa shape index (κ3) is 5.14. The minimum Gasteiger partial charge on any atom is -0.361 e. The highest BCUT2D eigenvalue weighted by Gasteiger charge is 2.36. The second-order valence-electron chi connectivity index (χ2n) is 8.20. The molecule has 34 heavy (non-hydrogen) atoms. The molecule has 1 atom stereocenters. The van der Waals surface area contributed by atoms with Crippen LogP contribution in [0.15, 0.2) is 73.1 Å². The number of aryl methyl sites for hydroxylation is 1. The number of nitrogens with zero attached hydrogens (tertiary/aromatic N) is 1. The highest BCUT2D eigenvalue weighted by atomic mass is 19.4. The summed E-state index contributed by atoms with van der Waals surface area (Å²) in [5.41, 5.74) is 2.86. The van der Waals surface area contributed by atoms with Crippen molar-refractivity contribution in [3.8, 4) is 0 Å². The Morgan fingerprint density at radius 1 is 1.03 bits per heavy atom. The molecule has 0 aliphatic heterocycles. The molecular formula is C27H26F3N3O. The number of carbonyl (C=O) groups is 1. The van der Waals surface area contributed by atoms with E-state index in [9.17, 15) is 18.0 Å². The highest BCUT2D eigenvalue weighted by molar-refractivity contribution is 5.88. The summed E-state index contributed by atoms with van der Waals surface area (Å²) in [4.78, 5) is 20.4. The molecule has 0 saturated carbocycles. The van der Waals surface area contributed by atoms with Gasteiger partial charge in [0, 0.05) is 54.3 Å². The van der Waals surface area contributed by atoms with E-state index in [1.807, 2.05) is 43.3 Å². The molecule has 0 fully saturated rings. The van der Waals surface area contributed by atoms with Gasteiger partial charge in [0.2, 0.25) is 5.91 Å². The Morgan fingerprint density at radius 2 is 1.82 bits per heavy atom. The lowest BCUT2D eigenvalue weighted by atomic mass is 9.84. The molecule has 2 heterocycles. The first-order valence-corrected chi connectivity index (χ1v) is 11.3. The van der Waals surface area contributed by atoms with Crippen LogP contribution >= 0.6 is 0 Å². The number of hydrogen-bond acceptors (Lipinski definition) is 2. The van der Waals surface area contributed by atoms with Gasteiger partial charge in [-0.15, -0.1) is 0 Å². The monoisotopic (exact) mass is 465 g/mol. The first kappa shape index (κ1) is 23.5. The van der Waals surface area contributed by atoms with Gasteiger partial charge in [-0.05, 0) is 41.3 Å². The van der Waals surface area contributed by atoms with Gasteiger partial charge < -0.3 is 10.3 Å². The summed E-state index contributed by atoms with van der Waals surface area (Å²) in [5.74, 6) is -1.06. The Balaban J connectivity index is 1.67. The summed E-state index contributed by atoms with van der Waals surface area (Å²) in [6, 6.07) is 16.8. The largest absolute Gasteiger partial charge is 0.416 e. The van der Waals surface area contributed by atoms with Crippen LogP contribution in [0.1, 0.15) is 47.2 Å². The van der Waals surface area contributed by atoms with Crippen molar-refractivity contribution in [2.45, 2.75) is 38.3 Å². The Hall–Kier alpha value is -3.61. The summed E-state index contributed by atoms with van der Waals surface area (Å²) in [6.07, 6.45) is 0.133. The molecule has 4 nitrogen and oxygen atoms in total. The van der Waals surface area contributed by atoms with Crippen molar-refractivity contribution in [3.05, 3.63) is 101 Å². The molecule has 7 heteroatoms. The fourth-order valence-corrected chi connectivity index (χ4v) is 4.40. The molecule has 2 N–H and O–H groups in total. The average molecular weight is 466 g/mol. The van der Waals surface area contributed by atoms with Crippen molar-refractivity contribution in [1.29, 1.82) is 0 Å². The number of halogens is 3. The third-order valence-corrected chi connectivity index (χ3v) is 6.05. The fourth-order valence-electron chi connectivity index (χ4n) is 4.40. The maximum Gasteiger partial charge on any atom is 0.416 e. The zero-order valence-electron chi connectivity index (χ0n) is 18.8. The number of hydrogen-bond donors (Lipinski definition) is 2. The zero-order chi connectivity index (χ0) is 24.1. The predicted molar refractivity (Wildman–Crippen MR) is 127 cm³/mol. The number of pyridine rings is 1. The van der Waals surface area contributed by atoms with Gasteiger partial charge >= 0.3 is 6.18 Å². The number of rotatable bonds is 8. The second kappa shape index (κ2) is 10.1. The van der Waals surface area contributed by atoms with Crippen LogP contribution in [-0.2, 0) is 23.8 Å². The number of H-pyrrole nitrogens is 1. The van der Waals surface area contributed by atoms with Gasteiger partial charge in [-0.25, -0.2) is 0 Å². The van der Waals surface area contributed by atoms with Crippen molar-refractivity contribution in [1.82, 2.24) is 15.3 Å². The normalized spacial score (nSPS) is 12.6. The van der Waals surface area contributed by atoms with Crippen LogP contribution in [0.3, 0.4) is 0 Å².